The predicted molar refractivity (Wildman–Crippen MR) is 93.5 cm³/mol. The molecule has 1 aromatic heterocycles. The van der Waals surface area contributed by atoms with Crippen molar-refractivity contribution in [3.8, 4) is 0 Å². The SMILES string of the molecule is COC1c2ncccc2N(S(=O)(=O)c2ccc(C)cc2)CC1(C)C. The Bertz CT molecular complexity index is 845. The van der Waals surface area contributed by atoms with E-state index in [0.29, 0.717) is 17.9 Å². The van der Waals surface area contributed by atoms with Gasteiger partial charge in [0.05, 0.1) is 16.3 Å². The average Bonchev–Trinajstić information content (AvgIpc) is 2.54. The van der Waals surface area contributed by atoms with Crippen LogP contribution >= 0.6 is 0 Å². The molecule has 6 heteroatoms. The van der Waals surface area contributed by atoms with Crippen LogP contribution < -0.4 is 4.31 Å². The van der Waals surface area contributed by atoms with Crippen LogP contribution in [0, 0.1) is 12.3 Å². The Morgan fingerprint density at radius 1 is 1.21 bits per heavy atom. The zero-order chi connectivity index (χ0) is 17.5. The molecule has 0 aliphatic carbocycles. The number of nitrogens with zero attached hydrogens (tertiary/aromatic N) is 2. The van der Waals surface area contributed by atoms with Crippen molar-refractivity contribution in [2.75, 3.05) is 18.0 Å². The van der Waals surface area contributed by atoms with Crippen molar-refractivity contribution in [2.45, 2.75) is 31.8 Å². The quantitative estimate of drug-likeness (QED) is 0.855. The normalized spacial score (nSPS) is 19.8. The van der Waals surface area contributed by atoms with Gasteiger partial charge < -0.3 is 4.74 Å². The second kappa shape index (κ2) is 5.86. The average molecular weight is 346 g/mol. The van der Waals surface area contributed by atoms with Crippen molar-refractivity contribution in [2.24, 2.45) is 5.41 Å². The van der Waals surface area contributed by atoms with Gasteiger partial charge in [-0.3, -0.25) is 9.29 Å². The number of methoxy groups -OCH3 is 1. The third-order valence-corrected chi connectivity index (χ3v) is 6.21. The van der Waals surface area contributed by atoms with Crippen LogP contribution in [0.2, 0.25) is 0 Å². The minimum Gasteiger partial charge on any atom is -0.374 e. The van der Waals surface area contributed by atoms with E-state index in [1.54, 1.807) is 37.6 Å². The van der Waals surface area contributed by atoms with Gasteiger partial charge in [0.2, 0.25) is 0 Å². The van der Waals surface area contributed by atoms with E-state index in [9.17, 15) is 8.42 Å². The van der Waals surface area contributed by atoms with E-state index in [-0.39, 0.29) is 11.0 Å². The highest BCUT2D eigenvalue weighted by Gasteiger charge is 2.44. The Hall–Kier alpha value is -1.92. The molecule has 0 fully saturated rings. The highest BCUT2D eigenvalue weighted by Crippen LogP contribution is 2.46. The Morgan fingerprint density at radius 3 is 2.50 bits per heavy atom. The molecule has 1 aliphatic heterocycles. The number of aryl methyl sites for hydroxylation is 1. The number of hydrogen-bond acceptors (Lipinski definition) is 4. The highest BCUT2D eigenvalue weighted by molar-refractivity contribution is 7.92. The van der Waals surface area contributed by atoms with E-state index in [1.807, 2.05) is 32.9 Å². The maximum Gasteiger partial charge on any atom is 0.264 e. The number of aromatic nitrogens is 1. The van der Waals surface area contributed by atoms with Crippen LogP contribution in [-0.4, -0.2) is 27.1 Å². The fourth-order valence-electron chi connectivity index (χ4n) is 3.21. The zero-order valence-electron chi connectivity index (χ0n) is 14.4. The summed E-state index contributed by atoms with van der Waals surface area (Å²) in [6.45, 7) is 6.26. The molecule has 0 bridgehead atoms. The van der Waals surface area contributed by atoms with E-state index in [0.717, 1.165) is 5.56 Å². The smallest absolute Gasteiger partial charge is 0.264 e. The topological polar surface area (TPSA) is 59.5 Å². The summed E-state index contributed by atoms with van der Waals surface area (Å²) in [4.78, 5) is 4.69. The predicted octanol–water partition coefficient (Wildman–Crippen LogP) is 3.31. The second-order valence-corrected chi connectivity index (χ2v) is 8.70. The molecule has 1 atom stereocenters. The Balaban J connectivity index is 2.15. The van der Waals surface area contributed by atoms with Crippen LogP contribution in [0.25, 0.3) is 0 Å². The molecule has 0 amide bonds. The molecule has 128 valence electrons. The van der Waals surface area contributed by atoms with Crippen LogP contribution in [0.1, 0.15) is 31.2 Å². The highest BCUT2D eigenvalue weighted by atomic mass is 32.2. The van der Waals surface area contributed by atoms with Gasteiger partial charge in [0.25, 0.3) is 10.0 Å². The fraction of sp³-hybridized carbons (Fsp3) is 0.389. The number of fused-ring (bicyclic) bond motifs is 1. The van der Waals surface area contributed by atoms with E-state index in [1.165, 1.54) is 4.31 Å². The summed E-state index contributed by atoms with van der Waals surface area (Å²) in [5.41, 5.74) is 1.87. The lowest BCUT2D eigenvalue weighted by Gasteiger charge is -2.43. The molecule has 2 heterocycles. The number of rotatable bonds is 3. The molecule has 0 N–H and O–H groups in total. The van der Waals surface area contributed by atoms with Crippen molar-refractivity contribution in [3.05, 3.63) is 53.9 Å². The largest absolute Gasteiger partial charge is 0.374 e. The molecule has 24 heavy (non-hydrogen) atoms. The zero-order valence-corrected chi connectivity index (χ0v) is 15.2. The first-order chi connectivity index (χ1) is 11.3. The van der Waals surface area contributed by atoms with E-state index in [4.69, 9.17) is 4.74 Å². The molecule has 0 radical (unpaired) electrons. The number of benzene rings is 1. The molecule has 0 saturated heterocycles. The lowest BCUT2D eigenvalue weighted by molar-refractivity contribution is 0.00298. The lowest BCUT2D eigenvalue weighted by Crippen LogP contribution is -2.46. The standard InChI is InChI=1S/C18H22N2O3S/c1-13-7-9-14(10-8-13)24(21,22)20-12-18(2,3)17(23-4)16-15(20)6-5-11-19-16/h5-11,17H,12H2,1-4H3. The summed E-state index contributed by atoms with van der Waals surface area (Å²) in [5.74, 6) is 0. The van der Waals surface area contributed by atoms with Crippen LogP contribution in [-0.2, 0) is 14.8 Å². The molecule has 0 saturated carbocycles. The minimum absolute atomic E-state index is 0.252. The van der Waals surface area contributed by atoms with Gasteiger partial charge in [0.15, 0.2) is 0 Å². The van der Waals surface area contributed by atoms with Crippen molar-refractivity contribution in [1.29, 1.82) is 0 Å². The number of hydrogen-bond donors (Lipinski definition) is 0. The van der Waals surface area contributed by atoms with Crippen LogP contribution in [0.5, 0.6) is 0 Å². The van der Waals surface area contributed by atoms with Crippen LogP contribution in [0.15, 0.2) is 47.5 Å². The third-order valence-electron chi connectivity index (χ3n) is 4.44. The van der Waals surface area contributed by atoms with Crippen LogP contribution in [0.4, 0.5) is 5.69 Å². The van der Waals surface area contributed by atoms with Gasteiger partial charge in [-0.05, 0) is 31.2 Å². The van der Waals surface area contributed by atoms with E-state index >= 15 is 0 Å². The maximum absolute atomic E-state index is 13.2. The summed E-state index contributed by atoms with van der Waals surface area (Å²) in [7, 11) is -2.02. The van der Waals surface area contributed by atoms with Crippen LogP contribution in [0.3, 0.4) is 0 Å². The fourth-order valence-corrected chi connectivity index (χ4v) is 4.86. The molecule has 0 spiro atoms. The molecule has 3 rings (SSSR count). The molecular weight excluding hydrogens is 324 g/mol. The summed E-state index contributed by atoms with van der Waals surface area (Å²) in [5, 5.41) is 0. The first-order valence-electron chi connectivity index (χ1n) is 7.84. The van der Waals surface area contributed by atoms with Gasteiger partial charge in [-0.25, -0.2) is 8.42 Å². The van der Waals surface area contributed by atoms with Gasteiger partial charge in [0, 0.05) is 25.3 Å². The van der Waals surface area contributed by atoms with E-state index < -0.39 is 15.4 Å². The van der Waals surface area contributed by atoms with Crippen molar-refractivity contribution < 1.29 is 13.2 Å². The Labute approximate surface area is 143 Å². The van der Waals surface area contributed by atoms with Crippen molar-refractivity contribution in [1.82, 2.24) is 4.98 Å². The Kier molecular flexibility index (Phi) is 4.13. The lowest BCUT2D eigenvalue weighted by atomic mass is 9.81. The third kappa shape index (κ3) is 2.70. The summed E-state index contributed by atoms with van der Waals surface area (Å²) in [6, 6.07) is 10.5. The molecule has 5 nitrogen and oxygen atoms in total. The molecule has 1 aromatic carbocycles. The molecule has 1 unspecified atom stereocenters. The van der Waals surface area contributed by atoms with Gasteiger partial charge in [-0.2, -0.15) is 0 Å². The number of sulfonamides is 1. The summed E-state index contributed by atoms with van der Waals surface area (Å²) in [6.07, 6.45) is 1.42. The summed E-state index contributed by atoms with van der Waals surface area (Å²) >= 11 is 0. The molecular formula is C18H22N2O3S. The van der Waals surface area contributed by atoms with E-state index in [2.05, 4.69) is 4.98 Å². The summed E-state index contributed by atoms with van der Waals surface area (Å²) < 4.78 is 33.5. The monoisotopic (exact) mass is 346 g/mol. The number of ether oxygens (including phenoxy) is 1. The molecule has 1 aliphatic rings. The van der Waals surface area contributed by atoms with Gasteiger partial charge in [0.1, 0.15) is 6.10 Å². The van der Waals surface area contributed by atoms with Gasteiger partial charge in [-0.1, -0.05) is 31.5 Å². The Morgan fingerprint density at radius 2 is 1.88 bits per heavy atom. The van der Waals surface area contributed by atoms with Gasteiger partial charge >= 0.3 is 0 Å². The van der Waals surface area contributed by atoms with Crippen molar-refractivity contribution in [3.63, 3.8) is 0 Å². The van der Waals surface area contributed by atoms with Crippen molar-refractivity contribution >= 4 is 15.7 Å². The minimum atomic E-state index is -3.66. The first-order valence-corrected chi connectivity index (χ1v) is 9.28. The molecule has 2 aromatic rings. The number of anilines is 1. The maximum atomic E-state index is 13.2. The first kappa shape index (κ1) is 16.9. The van der Waals surface area contributed by atoms with Gasteiger partial charge in [-0.15, -0.1) is 0 Å². The second-order valence-electron chi connectivity index (χ2n) is 6.84. The number of pyridine rings is 1.